The first kappa shape index (κ1) is 15.8. The van der Waals surface area contributed by atoms with E-state index in [1.165, 1.54) is 84.1 Å². The summed E-state index contributed by atoms with van der Waals surface area (Å²) in [5, 5.41) is 3.87. The molecule has 3 heteroatoms. The van der Waals surface area contributed by atoms with Gasteiger partial charge in [-0.3, -0.25) is 4.90 Å². The van der Waals surface area contributed by atoms with Crippen molar-refractivity contribution in [3.8, 4) is 0 Å². The zero-order chi connectivity index (χ0) is 14.7. The normalized spacial score (nSPS) is 32.0. The largest absolute Gasteiger partial charge is 0.313 e. The van der Waals surface area contributed by atoms with Gasteiger partial charge in [0, 0.05) is 44.8 Å². The maximum Gasteiger partial charge on any atom is 0.0195 e. The smallest absolute Gasteiger partial charge is 0.0195 e. The Morgan fingerprint density at radius 2 is 1.76 bits per heavy atom. The Bertz CT molecular complexity index is 318. The zero-order valence-corrected chi connectivity index (χ0v) is 14.2. The first-order chi connectivity index (χ1) is 10.2. The van der Waals surface area contributed by atoms with E-state index in [-0.39, 0.29) is 0 Å². The summed E-state index contributed by atoms with van der Waals surface area (Å²) in [7, 11) is 2.27. The van der Waals surface area contributed by atoms with Crippen LogP contribution in [0, 0.1) is 5.41 Å². The molecule has 21 heavy (non-hydrogen) atoms. The molecule has 0 bridgehead atoms. The van der Waals surface area contributed by atoms with E-state index >= 15 is 0 Å². The van der Waals surface area contributed by atoms with Crippen LogP contribution in [0.3, 0.4) is 0 Å². The molecule has 1 aliphatic heterocycles. The summed E-state index contributed by atoms with van der Waals surface area (Å²) in [6, 6.07) is 1.58. The summed E-state index contributed by atoms with van der Waals surface area (Å²) >= 11 is 0. The number of hydrogen-bond donors (Lipinski definition) is 1. The predicted octanol–water partition coefficient (Wildman–Crippen LogP) is 2.71. The second-order valence-electron chi connectivity index (χ2n) is 8.15. The van der Waals surface area contributed by atoms with Gasteiger partial charge in [-0.15, -0.1) is 0 Å². The standard InChI is InChI=1S/C18H35N3/c1-16-13-20(2)11-12-21(16)15-18(14-19-17-7-8-17)9-5-3-4-6-10-18/h16-17,19H,3-15H2,1-2H3. The van der Waals surface area contributed by atoms with Crippen molar-refractivity contribution in [3.05, 3.63) is 0 Å². The summed E-state index contributed by atoms with van der Waals surface area (Å²) in [4.78, 5) is 5.28. The molecule has 3 fully saturated rings. The summed E-state index contributed by atoms with van der Waals surface area (Å²) in [5.74, 6) is 0. The fourth-order valence-electron chi connectivity index (χ4n) is 4.36. The van der Waals surface area contributed by atoms with Crippen LogP contribution in [-0.4, -0.2) is 61.7 Å². The van der Waals surface area contributed by atoms with E-state index in [2.05, 4.69) is 29.1 Å². The summed E-state index contributed by atoms with van der Waals surface area (Å²) in [6.07, 6.45) is 11.6. The lowest BCUT2D eigenvalue weighted by Gasteiger charge is -2.44. The molecule has 0 spiro atoms. The number of likely N-dealkylation sites (N-methyl/N-ethyl adjacent to an activating group) is 1. The number of hydrogen-bond acceptors (Lipinski definition) is 3. The predicted molar refractivity (Wildman–Crippen MR) is 89.7 cm³/mol. The summed E-state index contributed by atoms with van der Waals surface area (Å²) in [6.45, 7) is 8.79. The van der Waals surface area contributed by atoms with E-state index in [9.17, 15) is 0 Å². The molecule has 2 aliphatic carbocycles. The third-order valence-electron chi connectivity index (χ3n) is 6.01. The topological polar surface area (TPSA) is 18.5 Å². The Kier molecular flexibility index (Phi) is 5.23. The van der Waals surface area contributed by atoms with Crippen LogP contribution in [0.2, 0.25) is 0 Å². The molecule has 3 rings (SSSR count). The van der Waals surface area contributed by atoms with Crippen molar-refractivity contribution in [1.29, 1.82) is 0 Å². The van der Waals surface area contributed by atoms with Gasteiger partial charge in [0.1, 0.15) is 0 Å². The van der Waals surface area contributed by atoms with Crippen molar-refractivity contribution in [2.24, 2.45) is 5.41 Å². The van der Waals surface area contributed by atoms with Crippen molar-refractivity contribution in [2.75, 3.05) is 39.8 Å². The molecule has 3 aliphatic rings. The van der Waals surface area contributed by atoms with Crippen molar-refractivity contribution in [1.82, 2.24) is 15.1 Å². The molecule has 0 radical (unpaired) electrons. The zero-order valence-electron chi connectivity index (χ0n) is 14.2. The third kappa shape index (κ3) is 4.43. The molecular formula is C18H35N3. The molecule has 1 N–H and O–H groups in total. The highest BCUT2D eigenvalue weighted by atomic mass is 15.3. The van der Waals surface area contributed by atoms with Crippen LogP contribution in [-0.2, 0) is 0 Å². The van der Waals surface area contributed by atoms with Crippen LogP contribution < -0.4 is 5.32 Å². The van der Waals surface area contributed by atoms with Crippen LogP contribution in [0.25, 0.3) is 0 Å². The maximum absolute atomic E-state index is 3.87. The molecular weight excluding hydrogens is 258 g/mol. The second kappa shape index (κ2) is 6.97. The van der Waals surface area contributed by atoms with Gasteiger partial charge in [-0.2, -0.15) is 0 Å². The first-order valence-electron chi connectivity index (χ1n) is 9.33. The fourth-order valence-corrected chi connectivity index (χ4v) is 4.36. The van der Waals surface area contributed by atoms with Gasteiger partial charge < -0.3 is 10.2 Å². The van der Waals surface area contributed by atoms with Crippen LogP contribution in [0.1, 0.15) is 58.3 Å². The number of rotatable bonds is 5. The van der Waals surface area contributed by atoms with Gasteiger partial charge in [0.05, 0.1) is 0 Å². The van der Waals surface area contributed by atoms with Crippen molar-refractivity contribution >= 4 is 0 Å². The molecule has 0 amide bonds. The molecule has 1 heterocycles. The molecule has 1 saturated heterocycles. The lowest BCUT2D eigenvalue weighted by molar-refractivity contribution is 0.0463. The molecule has 0 aromatic rings. The number of nitrogens with one attached hydrogen (secondary N) is 1. The molecule has 122 valence electrons. The minimum absolute atomic E-state index is 0.559. The number of nitrogens with zero attached hydrogens (tertiary/aromatic N) is 2. The highest BCUT2D eigenvalue weighted by Crippen LogP contribution is 2.37. The molecule has 1 unspecified atom stereocenters. The Balaban J connectivity index is 1.62. The molecule has 1 atom stereocenters. The SMILES string of the molecule is CC1CN(C)CCN1CC1(CNC2CC2)CCCCCC1. The van der Waals surface area contributed by atoms with E-state index in [4.69, 9.17) is 0 Å². The van der Waals surface area contributed by atoms with E-state index in [1.54, 1.807) is 0 Å². The monoisotopic (exact) mass is 293 g/mol. The molecule has 2 saturated carbocycles. The van der Waals surface area contributed by atoms with Gasteiger partial charge in [-0.1, -0.05) is 25.7 Å². The molecule has 3 nitrogen and oxygen atoms in total. The summed E-state index contributed by atoms with van der Waals surface area (Å²) in [5.41, 5.74) is 0.559. The van der Waals surface area contributed by atoms with Crippen molar-refractivity contribution < 1.29 is 0 Å². The van der Waals surface area contributed by atoms with Crippen LogP contribution in [0.4, 0.5) is 0 Å². The second-order valence-corrected chi connectivity index (χ2v) is 8.15. The van der Waals surface area contributed by atoms with E-state index in [0.717, 1.165) is 12.1 Å². The fraction of sp³-hybridized carbons (Fsp3) is 1.00. The quantitative estimate of drug-likeness (QED) is 0.786. The Morgan fingerprint density at radius 3 is 2.38 bits per heavy atom. The van der Waals surface area contributed by atoms with Gasteiger partial charge >= 0.3 is 0 Å². The highest BCUT2D eigenvalue weighted by Gasteiger charge is 2.36. The average Bonchev–Trinajstić information content (AvgIpc) is 3.28. The van der Waals surface area contributed by atoms with Gasteiger partial charge in [-0.05, 0) is 45.1 Å². The molecule has 0 aromatic carbocycles. The minimum Gasteiger partial charge on any atom is -0.313 e. The Hall–Kier alpha value is -0.120. The van der Waals surface area contributed by atoms with Crippen molar-refractivity contribution in [3.63, 3.8) is 0 Å². The van der Waals surface area contributed by atoms with Crippen LogP contribution >= 0.6 is 0 Å². The van der Waals surface area contributed by atoms with E-state index < -0.39 is 0 Å². The number of piperazine rings is 1. The summed E-state index contributed by atoms with van der Waals surface area (Å²) < 4.78 is 0. The third-order valence-corrected chi connectivity index (χ3v) is 6.01. The lowest BCUT2D eigenvalue weighted by Crippen LogP contribution is -2.55. The van der Waals surface area contributed by atoms with E-state index in [0.29, 0.717) is 5.41 Å². The van der Waals surface area contributed by atoms with Gasteiger partial charge in [-0.25, -0.2) is 0 Å². The minimum atomic E-state index is 0.559. The van der Waals surface area contributed by atoms with Crippen LogP contribution in [0.5, 0.6) is 0 Å². The van der Waals surface area contributed by atoms with Gasteiger partial charge in [0.15, 0.2) is 0 Å². The molecule has 0 aromatic heterocycles. The Labute approximate surface area is 131 Å². The van der Waals surface area contributed by atoms with Crippen LogP contribution in [0.15, 0.2) is 0 Å². The van der Waals surface area contributed by atoms with E-state index in [1.807, 2.05) is 0 Å². The van der Waals surface area contributed by atoms with Gasteiger partial charge in [0.2, 0.25) is 0 Å². The maximum atomic E-state index is 3.87. The lowest BCUT2D eigenvalue weighted by atomic mass is 9.79. The van der Waals surface area contributed by atoms with Crippen molar-refractivity contribution in [2.45, 2.75) is 70.4 Å². The highest BCUT2D eigenvalue weighted by molar-refractivity contribution is 4.92. The van der Waals surface area contributed by atoms with Gasteiger partial charge in [0.25, 0.3) is 0 Å². The first-order valence-corrected chi connectivity index (χ1v) is 9.33. The Morgan fingerprint density at radius 1 is 1.05 bits per heavy atom. The average molecular weight is 293 g/mol.